The maximum Gasteiger partial charge on any atom is 0.234 e. The summed E-state index contributed by atoms with van der Waals surface area (Å²) in [6.07, 6.45) is 0. The zero-order valence-electron chi connectivity index (χ0n) is 13.3. The summed E-state index contributed by atoms with van der Waals surface area (Å²) in [5.74, 6) is 1.01. The molecule has 0 fully saturated rings. The summed E-state index contributed by atoms with van der Waals surface area (Å²) in [6, 6.07) is 13.1. The lowest BCUT2D eigenvalue weighted by Crippen LogP contribution is -2.18. The van der Waals surface area contributed by atoms with E-state index in [1.165, 1.54) is 11.8 Å². The smallest absolute Gasteiger partial charge is 0.234 e. The van der Waals surface area contributed by atoms with Crippen LogP contribution in [0.25, 0.3) is 0 Å². The quantitative estimate of drug-likeness (QED) is 0.795. The molecule has 0 radical (unpaired) electrons. The van der Waals surface area contributed by atoms with Gasteiger partial charge in [-0.15, -0.1) is 11.8 Å². The van der Waals surface area contributed by atoms with Gasteiger partial charge in [-0.3, -0.25) is 4.79 Å². The van der Waals surface area contributed by atoms with Crippen LogP contribution in [-0.4, -0.2) is 32.9 Å². The summed E-state index contributed by atoms with van der Waals surface area (Å²) in [7, 11) is 5.46. The van der Waals surface area contributed by atoms with Gasteiger partial charge in [-0.1, -0.05) is 17.7 Å². The monoisotopic (exact) mass is 350 g/mol. The minimum Gasteiger partial charge on any atom is -0.497 e. The normalized spacial score (nSPS) is 10.3. The van der Waals surface area contributed by atoms with Crippen molar-refractivity contribution in [2.24, 2.45) is 0 Å². The van der Waals surface area contributed by atoms with Crippen LogP contribution in [0.5, 0.6) is 5.75 Å². The molecule has 4 nitrogen and oxygen atoms in total. The first kappa shape index (κ1) is 17.5. The molecule has 1 amide bonds. The predicted octanol–water partition coefficient (Wildman–Crippen LogP) is 4.15. The van der Waals surface area contributed by atoms with Crippen LogP contribution >= 0.6 is 23.4 Å². The Labute approximate surface area is 145 Å². The Bertz CT molecular complexity index is 692. The SMILES string of the molecule is COc1cccc(SCC(=O)Nc2cc(Cl)ccc2N(C)C)c1. The van der Waals surface area contributed by atoms with E-state index in [0.717, 1.165) is 16.3 Å². The van der Waals surface area contributed by atoms with Crippen LogP contribution in [0, 0.1) is 0 Å². The summed E-state index contributed by atoms with van der Waals surface area (Å²) < 4.78 is 5.18. The number of hydrogen-bond donors (Lipinski definition) is 1. The molecule has 0 aliphatic heterocycles. The first-order chi connectivity index (χ1) is 11.0. The molecule has 122 valence electrons. The molecular formula is C17H19ClN2O2S. The molecule has 0 unspecified atom stereocenters. The molecule has 0 aromatic heterocycles. The molecule has 0 atom stereocenters. The number of thioether (sulfide) groups is 1. The van der Waals surface area contributed by atoms with Crippen molar-refractivity contribution in [3.63, 3.8) is 0 Å². The molecule has 0 spiro atoms. The van der Waals surface area contributed by atoms with E-state index in [1.54, 1.807) is 19.2 Å². The Balaban J connectivity index is 2.01. The number of hydrogen-bond acceptors (Lipinski definition) is 4. The van der Waals surface area contributed by atoms with E-state index in [-0.39, 0.29) is 5.91 Å². The van der Waals surface area contributed by atoms with Crippen LogP contribution < -0.4 is 15.0 Å². The number of amides is 1. The van der Waals surface area contributed by atoms with Gasteiger partial charge in [0, 0.05) is 24.0 Å². The van der Waals surface area contributed by atoms with Crippen LogP contribution in [0.1, 0.15) is 0 Å². The van der Waals surface area contributed by atoms with Gasteiger partial charge in [-0.05, 0) is 36.4 Å². The van der Waals surface area contributed by atoms with E-state index in [9.17, 15) is 4.79 Å². The fourth-order valence-corrected chi connectivity index (χ4v) is 2.94. The zero-order valence-corrected chi connectivity index (χ0v) is 14.9. The molecule has 1 N–H and O–H groups in total. The number of rotatable bonds is 6. The Morgan fingerprint density at radius 1 is 1.26 bits per heavy atom. The van der Waals surface area contributed by atoms with Crippen LogP contribution in [0.15, 0.2) is 47.4 Å². The molecule has 0 bridgehead atoms. The first-order valence-corrected chi connectivity index (χ1v) is 8.39. The summed E-state index contributed by atoms with van der Waals surface area (Å²) in [5.41, 5.74) is 1.62. The molecule has 6 heteroatoms. The highest BCUT2D eigenvalue weighted by atomic mass is 35.5. The van der Waals surface area contributed by atoms with Crippen molar-refractivity contribution in [3.8, 4) is 5.75 Å². The lowest BCUT2D eigenvalue weighted by molar-refractivity contribution is -0.113. The Morgan fingerprint density at radius 2 is 2.04 bits per heavy atom. The topological polar surface area (TPSA) is 41.6 Å². The fraction of sp³-hybridized carbons (Fsp3) is 0.235. The van der Waals surface area contributed by atoms with E-state index in [4.69, 9.17) is 16.3 Å². The number of benzene rings is 2. The van der Waals surface area contributed by atoms with Crippen LogP contribution in [-0.2, 0) is 4.79 Å². The molecule has 0 heterocycles. The standard InChI is InChI=1S/C17H19ClN2O2S/c1-20(2)16-8-7-12(18)9-15(16)19-17(21)11-23-14-6-4-5-13(10-14)22-3/h4-10H,11H2,1-3H3,(H,19,21). The van der Waals surface area contributed by atoms with Crippen LogP contribution in [0.3, 0.4) is 0 Å². The molecular weight excluding hydrogens is 332 g/mol. The third kappa shape index (κ3) is 5.08. The first-order valence-electron chi connectivity index (χ1n) is 7.03. The van der Waals surface area contributed by atoms with Crippen LogP contribution in [0.2, 0.25) is 5.02 Å². The largest absolute Gasteiger partial charge is 0.497 e. The number of methoxy groups -OCH3 is 1. The fourth-order valence-electron chi connectivity index (χ4n) is 2.02. The average Bonchev–Trinajstić information content (AvgIpc) is 2.53. The average molecular weight is 351 g/mol. The summed E-state index contributed by atoms with van der Waals surface area (Å²) in [5, 5.41) is 3.50. The highest BCUT2D eigenvalue weighted by Crippen LogP contribution is 2.28. The van der Waals surface area contributed by atoms with E-state index in [2.05, 4.69) is 5.32 Å². The van der Waals surface area contributed by atoms with Crippen molar-refractivity contribution in [1.82, 2.24) is 0 Å². The van der Waals surface area contributed by atoms with Crippen molar-refractivity contribution in [3.05, 3.63) is 47.5 Å². The predicted molar refractivity (Wildman–Crippen MR) is 98.1 cm³/mol. The number of halogens is 1. The minimum atomic E-state index is -0.0804. The Kier molecular flexibility index (Phi) is 6.19. The van der Waals surface area contributed by atoms with Gasteiger partial charge in [0.1, 0.15) is 5.75 Å². The third-order valence-electron chi connectivity index (χ3n) is 3.13. The second-order valence-electron chi connectivity index (χ2n) is 5.07. The second kappa shape index (κ2) is 8.13. The van der Waals surface area contributed by atoms with Gasteiger partial charge >= 0.3 is 0 Å². The minimum absolute atomic E-state index is 0.0804. The molecule has 0 aliphatic carbocycles. The number of carbonyl (C=O) groups is 1. The number of nitrogens with zero attached hydrogens (tertiary/aromatic N) is 1. The number of nitrogens with one attached hydrogen (secondary N) is 1. The Hall–Kier alpha value is -1.85. The van der Waals surface area contributed by atoms with E-state index < -0.39 is 0 Å². The molecule has 0 saturated carbocycles. The number of ether oxygens (including phenoxy) is 1. The van der Waals surface area contributed by atoms with Gasteiger partial charge < -0.3 is 15.0 Å². The zero-order chi connectivity index (χ0) is 16.8. The van der Waals surface area contributed by atoms with Crippen LogP contribution in [0.4, 0.5) is 11.4 Å². The lowest BCUT2D eigenvalue weighted by atomic mass is 10.2. The molecule has 2 aromatic carbocycles. The maximum atomic E-state index is 12.2. The third-order valence-corrected chi connectivity index (χ3v) is 4.35. The Morgan fingerprint density at radius 3 is 2.74 bits per heavy atom. The van der Waals surface area contributed by atoms with Gasteiger partial charge in [0.15, 0.2) is 0 Å². The van der Waals surface area contributed by atoms with Gasteiger partial charge in [0.05, 0.1) is 24.2 Å². The molecule has 2 rings (SSSR count). The number of anilines is 2. The van der Waals surface area contributed by atoms with Gasteiger partial charge in [-0.2, -0.15) is 0 Å². The molecule has 0 aliphatic rings. The van der Waals surface area contributed by atoms with Crippen molar-refractivity contribution in [2.45, 2.75) is 4.90 Å². The maximum absolute atomic E-state index is 12.2. The van der Waals surface area contributed by atoms with E-state index >= 15 is 0 Å². The highest BCUT2D eigenvalue weighted by Gasteiger charge is 2.10. The van der Waals surface area contributed by atoms with Crippen molar-refractivity contribution in [2.75, 3.05) is 37.2 Å². The van der Waals surface area contributed by atoms with Crippen molar-refractivity contribution >= 4 is 40.6 Å². The summed E-state index contributed by atoms with van der Waals surface area (Å²) >= 11 is 7.48. The second-order valence-corrected chi connectivity index (χ2v) is 6.56. The highest BCUT2D eigenvalue weighted by molar-refractivity contribution is 8.00. The van der Waals surface area contributed by atoms with Gasteiger partial charge in [0.25, 0.3) is 0 Å². The van der Waals surface area contributed by atoms with Crippen molar-refractivity contribution < 1.29 is 9.53 Å². The summed E-state index contributed by atoms with van der Waals surface area (Å²) in [6.45, 7) is 0. The van der Waals surface area contributed by atoms with Gasteiger partial charge in [0.2, 0.25) is 5.91 Å². The molecule has 0 saturated heterocycles. The van der Waals surface area contributed by atoms with E-state index in [1.807, 2.05) is 49.3 Å². The van der Waals surface area contributed by atoms with Gasteiger partial charge in [-0.25, -0.2) is 0 Å². The number of carbonyl (C=O) groups excluding carboxylic acids is 1. The summed E-state index contributed by atoms with van der Waals surface area (Å²) in [4.78, 5) is 15.1. The van der Waals surface area contributed by atoms with Crippen molar-refractivity contribution in [1.29, 1.82) is 0 Å². The molecule has 23 heavy (non-hydrogen) atoms. The molecule has 2 aromatic rings. The lowest BCUT2D eigenvalue weighted by Gasteiger charge is -2.18. The van der Waals surface area contributed by atoms with E-state index in [0.29, 0.717) is 16.5 Å².